The molecule has 0 aromatic heterocycles. The number of phenolic OH excluding ortho intramolecular Hbond substituents is 1. The van der Waals surface area contributed by atoms with Gasteiger partial charge in [-0.2, -0.15) is 0 Å². The highest BCUT2D eigenvalue weighted by atomic mass is 79.9. The highest BCUT2D eigenvalue weighted by Crippen LogP contribution is 2.32. The van der Waals surface area contributed by atoms with E-state index in [9.17, 15) is 9.50 Å². The van der Waals surface area contributed by atoms with Crippen molar-refractivity contribution in [3.63, 3.8) is 0 Å². The Labute approximate surface area is 95.3 Å². The SMILES string of the molecule is Cl.N[C@H](CO)c1c(Br)ccc(F)c1O. The fourth-order valence-electron chi connectivity index (χ4n) is 1.00. The topological polar surface area (TPSA) is 66.5 Å². The maximum absolute atomic E-state index is 12.8. The Morgan fingerprint density at radius 1 is 1.50 bits per heavy atom. The zero-order valence-corrected chi connectivity index (χ0v) is 9.48. The Morgan fingerprint density at radius 3 is 2.57 bits per heavy atom. The minimum absolute atomic E-state index is 0. The van der Waals surface area contributed by atoms with E-state index < -0.39 is 17.6 Å². The molecule has 1 rings (SSSR count). The molecule has 0 heterocycles. The summed E-state index contributed by atoms with van der Waals surface area (Å²) in [7, 11) is 0. The zero-order valence-electron chi connectivity index (χ0n) is 7.08. The van der Waals surface area contributed by atoms with Gasteiger partial charge in [-0.3, -0.25) is 0 Å². The molecule has 0 bridgehead atoms. The standard InChI is InChI=1S/C8H9BrFNO2.ClH/c9-4-1-2-5(10)8(13)7(4)6(11)3-12;/h1-2,6,12-13H,3,11H2;1H/t6-;/m1./s1. The molecule has 0 amide bonds. The summed E-state index contributed by atoms with van der Waals surface area (Å²) in [6.45, 7) is -0.352. The van der Waals surface area contributed by atoms with Crippen LogP contribution in [0, 0.1) is 5.82 Å². The molecule has 0 unspecified atom stereocenters. The minimum Gasteiger partial charge on any atom is -0.505 e. The van der Waals surface area contributed by atoms with Crippen LogP contribution in [0.4, 0.5) is 4.39 Å². The minimum atomic E-state index is -0.787. The predicted octanol–water partition coefficient (Wildman–Crippen LogP) is 1.71. The van der Waals surface area contributed by atoms with Gasteiger partial charge in [0.1, 0.15) is 0 Å². The highest BCUT2D eigenvalue weighted by molar-refractivity contribution is 9.10. The van der Waals surface area contributed by atoms with Gasteiger partial charge in [0, 0.05) is 10.0 Å². The quantitative estimate of drug-likeness (QED) is 0.775. The molecule has 0 radical (unpaired) electrons. The summed E-state index contributed by atoms with van der Waals surface area (Å²) in [6, 6.07) is 1.76. The lowest BCUT2D eigenvalue weighted by molar-refractivity contribution is 0.264. The number of hydrogen-bond donors (Lipinski definition) is 3. The Morgan fingerprint density at radius 2 is 2.07 bits per heavy atom. The van der Waals surface area contributed by atoms with E-state index in [0.29, 0.717) is 4.47 Å². The lowest BCUT2D eigenvalue weighted by Gasteiger charge is -2.12. The molecule has 0 aliphatic heterocycles. The first kappa shape index (κ1) is 13.6. The van der Waals surface area contributed by atoms with Crippen molar-refractivity contribution in [2.45, 2.75) is 6.04 Å². The summed E-state index contributed by atoms with van der Waals surface area (Å²) in [6.07, 6.45) is 0. The molecule has 80 valence electrons. The van der Waals surface area contributed by atoms with Crippen molar-refractivity contribution in [1.29, 1.82) is 0 Å². The Balaban J connectivity index is 0.00000169. The monoisotopic (exact) mass is 285 g/mol. The number of rotatable bonds is 2. The fourth-order valence-corrected chi connectivity index (χ4v) is 1.61. The van der Waals surface area contributed by atoms with E-state index in [2.05, 4.69) is 15.9 Å². The lowest BCUT2D eigenvalue weighted by Crippen LogP contribution is -2.15. The first-order chi connectivity index (χ1) is 6.07. The number of halogens is 3. The molecule has 14 heavy (non-hydrogen) atoms. The van der Waals surface area contributed by atoms with Crippen molar-refractivity contribution >= 4 is 28.3 Å². The van der Waals surface area contributed by atoms with Crippen molar-refractivity contribution in [3.05, 3.63) is 28.0 Å². The number of nitrogens with two attached hydrogens (primary N) is 1. The summed E-state index contributed by atoms with van der Waals surface area (Å²) < 4.78 is 13.3. The van der Waals surface area contributed by atoms with Gasteiger partial charge in [0.25, 0.3) is 0 Å². The molecule has 0 spiro atoms. The molecule has 0 saturated heterocycles. The number of aliphatic hydroxyl groups is 1. The average Bonchev–Trinajstić information content (AvgIpc) is 2.12. The van der Waals surface area contributed by atoms with E-state index in [1.165, 1.54) is 6.07 Å². The second-order valence-corrected chi connectivity index (χ2v) is 3.43. The number of benzene rings is 1. The van der Waals surface area contributed by atoms with E-state index in [0.717, 1.165) is 6.07 Å². The second-order valence-electron chi connectivity index (χ2n) is 2.58. The van der Waals surface area contributed by atoms with Gasteiger partial charge in [0.15, 0.2) is 11.6 Å². The number of phenols is 1. The van der Waals surface area contributed by atoms with Crippen LogP contribution in [0.3, 0.4) is 0 Å². The summed E-state index contributed by atoms with van der Waals surface area (Å²) in [5.41, 5.74) is 5.64. The van der Waals surface area contributed by atoms with E-state index >= 15 is 0 Å². The van der Waals surface area contributed by atoms with Crippen molar-refractivity contribution in [1.82, 2.24) is 0 Å². The number of hydrogen-bond acceptors (Lipinski definition) is 3. The molecule has 0 aliphatic rings. The van der Waals surface area contributed by atoms with Gasteiger partial charge in [-0.25, -0.2) is 4.39 Å². The maximum atomic E-state index is 12.8. The Bertz CT molecular complexity index is 324. The maximum Gasteiger partial charge on any atom is 0.165 e. The summed E-state index contributed by atoms with van der Waals surface area (Å²) >= 11 is 3.10. The average molecular weight is 287 g/mol. The molecular formula is C8H10BrClFNO2. The van der Waals surface area contributed by atoms with Gasteiger partial charge >= 0.3 is 0 Å². The smallest absolute Gasteiger partial charge is 0.165 e. The van der Waals surface area contributed by atoms with Crippen molar-refractivity contribution < 1.29 is 14.6 Å². The Hall–Kier alpha value is -0.360. The first-order valence-electron chi connectivity index (χ1n) is 3.61. The fraction of sp³-hybridized carbons (Fsp3) is 0.250. The van der Waals surface area contributed by atoms with Crippen molar-refractivity contribution in [3.8, 4) is 5.75 Å². The van der Waals surface area contributed by atoms with Crippen LogP contribution < -0.4 is 5.73 Å². The zero-order chi connectivity index (χ0) is 10.0. The Kier molecular flexibility index (Phi) is 5.36. The first-order valence-corrected chi connectivity index (χ1v) is 4.40. The van der Waals surface area contributed by atoms with Crippen LogP contribution in [0.2, 0.25) is 0 Å². The van der Waals surface area contributed by atoms with Crippen LogP contribution in [-0.2, 0) is 0 Å². The van der Waals surface area contributed by atoms with Gasteiger partial charge in [-0.05, 0) is 12.1 Å². The molecule has 0 fully saturated rings. The second kappa shape index (κ2) is 5.50. The number of aliphatic hydroxyl groups excluding tert-OH is 1. The predicted molar refractivity (Wildman–Crippen MR) is 57.0 cm³/mol. The van der Waals surface area contributed by atoms with Crippen LogP contribution >= 0.6 is 28.3 Å². The van der Waals surface area contributed by atoms with E-state index in [4.69, 9.17) is 10.8 Å². The lowest BCUT2D eigenvalue weighted by atomic mass is 10.1. The van der Waals surface area contributed by atoms with Gasteiger partial charge in [-0.15, -0.1) is 12.4 Å². The summed E-state index contributed by atoms with van der Waals surface area (Å²) in [5, 5.41) is 18.0. The van der Waals surface area contributed by atoms with Crippen molar-refractivity contribution in [2.75, 3.05) is 6.61 Å². The third-order valence-corrected chi connectivity index (χ3v) is 2.37. The van der Waals surface area contributed by atoms with Gasteiger partial charge in [0.05, 0.1) is 12.6 Å². The number of aromatic hydroxyl groups is 1. The third-order valence-electron chi connectivity index (χ3n) is 1.68. The molecule has 6 heteroatoms. The molecule has 1 aromatic rings. The largest absolute Gasteiger partial charge is 0.505 e. The molecular weight excluding hydrogens is 276 g/mol. The highest BCUT2D eigenvalue weighted by Gasteiger charge is 2.16. The van der Waals surface area contributed by atoms with Gasteiger partial charge in [-0.1, -0.05) is 15.9 Å². The molecule has 1 aromatic carbocycles. The van der Waals surface area contributed by atoms with Crippen molar-refractivity contribution in [2.24, 2.45) is 5.73 Å². The molecule has 0 saturated carbocycles. The van der Waals surface area contributed by atoms with Crippen LogP contribution in [0.25, 0.3) is 0 Å². The van der Waals surface area contributed by atoms with E-state index in [1.807, 2.05) is 0 Å². The summed E-state index contributed by atoms with van der Waals surface area (Å²) in [4.78, 5) is 0. The van der Waals surface area contributed by atoms with E-state index in [1.54, 1.807) is 0 Å². The third kappa shape index (κ3) is 2.57. The summed E-state index contributed by atoms with van der Waals surface area (Å²) in [5.74, 6) is -1.27. The van der Waals surface area contributed by atoms with Crippen LogP contribution in [0.5, 0.6) is 5.75 Å². The molecule has 1 atom stereocenters. The van der Waals surface area contributed by atoms with Crippen LogP contribution in [-0.4, -0.2) is 16.8 Å². The molecule has 0 aliphatic carbocycles. The van der Waals surface area contributed by atoms with Gasteiger partial charge in [0.2, 0.25) is 0 Å². The normalized spacial score (nSPS) is 12.0. The van der Waals surface area contributed by atoms with Crippen LogP contribution in [0.15, 0.2) is 16.6 Å². The van der Waals surface area contributed by atoms with E-state index in [-0.39, 0.29) is 24.6 Å². The molecule has 4 N–H and O–H groups in total. The van der Waals surface area contributed by atoms with Gasteiger partial charge < -0.3 is 15.9 Å². The molecule has 3 nitrogen and oxygen atoms in total. The van der Waals surface area contributed by atoms with Crippen LogP contribution in [0.1, 0.15) is 11.6 Å².